The van der Waals surface area contributed by atoms with Crippen LogP contribution in [0, 0.1) is 17.5 Å². The molecule has 3 fully saturated rings. The molecule has 21 nitrogen and oxygen atoms in total. The third-order valence-corrected chi connectivity index (χ3v) is 19.7. The van der Waals surface area contributed by atoms with E-state index in [9.17, 15) is 27.6 Å². The number of benzene rings is 6. The van der Waals surface area contributed by atoms with E-state index in [1.165, 1.54) is 30.6 Å². The van der Waals surface area contributed by atoms with Gasteiger partial charge in [-0.15, -0.1) is 0 Å². The predicted octanol–water partition coefficient (Wildman–Crippen LogP) is 17.3. The normalized spacial score (nSPS) is 15.4. The molecule has 107 heavy (non-hydrogen) atoms. The number of amides is 3. The van der Waals surface area contributed by atoms with Crippen LogP contribution in [0.2, 0.25) is 10.0 Å². The van der Waals surface area contributed by atoms with Crippen LogP contribution < -0.4 is 28.4 Å². The van der Waals surface area contributed by atoms with Crippen LogP contribution in [-0.2, 0) is 20.8 Å². The lowest BCUT2D eigenvalue weighted by molar-refractivity contribution is -0.127. The standard InChI is InChI=1S/C28H26F2N4O2.C27H25ClN4O4.C26H22ClFN4O3/c1-3-18-7-5-9-24(26(18)30)36-21-12-10-19(11-13-21)27-22-15-31-16-23(29)28(22)34(32-27)20-8-6-14-33(17-20)25(35)4-2;1-4-24(33)31-13-12-18(16-31)32-27-20(14-29-15-23(27)35-3)26(30-32)17-8-10-19(11-9-17)36-22-7-5-6-21(34-2)25(22)28;1-3-23(33)31-12-11-17(15-31)32-26-19(13-29-14-20(26)28)25(30-32)16-7-9-18(10-8-16)35-22-6-4-5-21(34-2)24(22)27/h4-5,7,9-13,15-16,20H,2-3,6,8,14,17H2,1H3;4-11,14-15,18H,1,12-13,16H2,2-3H3;3-10,13-14,17H,1,11-12,15H2,2H3/t20-;18-;17-/m111/s1. The maximum absolute atomic E-state index is 15.0. The highest BCUT2D eigenvalue weighted by Gasteiger charge is 2.33. The van der Waals surface area contributed by atoms with Gasteiger partial charge in [-0.05, 0) is 159 Å². The number of carbonyl (C=O) groups is 3. The predicted molar refractivity (Wildman–Crippen MR) is 403 cm³/mol. The first-order chi connectivity index (χ1) is 52.0. The largest absolute Gasteiger partial charge is 0.495 e. The molecule has 0 spiro atoms. The molecule has 3 aliphatic heterocycles. The van der Waals surface area contributed by atoms with E-state index in [0.717, 1.165) is 52.5 Å². The molecule has 0 unspecified atom stereocenters. The zero-order valence-electron chi connectivity index (χ0n) is 58.9. The van der Waals surface area contributed by atoms with E-state index < -0.39 is 11.6 Å². The second-order valence-corrected chi connectivity index (χ2v) is 26.1. The summed E-state index contributed by atoms with van der Waals surface area (Å²) in [5.74, 6) is 2.87. The number of ether oxygens (including phenoxy) is 6. The van der Waals surface area contributed by atoms with Gasteiger partial charge in [0.15, 0.2) is 29.0 Å². The van der Waals surface area contributed by atoms with Crippen LogP contribution in [0.4, 0.5) is 13.2 Å². The molecule has 6 aromatic carbocycles. The molecule has 6 aromatic heterocycles. The fourth-order valence-electron chi connectivity index (χ4n) is 13.5. The van der Waals surface area contributed by atoms with Gasteiger partial charge < -0.3 is 43.1 Å². The van der Waals surface area contributed by atoms with Gasteiger partial charge >= 0.3 is 0 Å². The molecule has 0 aliphatic carbocycles. The lowest BCUT2D eigenvalue weighted by atomic mass is 10.1. The Morgan fingerprint density at radius 2 is 0.804 bits per heavy atom. The number of likely N-dealkylation sites (tertiary alicyclic amines) is 3. The van der Waals surface area contributed by atoms with E-state index in [1.54, 1.807) is 143 Å². The highest BCUT2D eigenvalue weighted by atomic mass is 35.5. The number of rotatable bonds is 19. The van der Waals surface area contributed by atoms with Gasteiger partial charge in [-0.2, -0.15) is 15.3 Å². The van der Waals surface area contributed by atoms with Crippen molar-refractivity contribution in [2.45, 2.75) is 57.2 Å². The maximum Gasteiger partial charge on any atom is 0.246 e. The lowest BCUT2D eigenvalue weighted by Crippen LogP contribution is -2.40. The molecule has 3 saturated heterocycles. The molecule has 546 valence electrons. The van der Waals surface area contributed by atoms with E-state index in [4.69, 9.17) is 66.9 Å². The third-order valence-electron chi connectivity index (χ3n) is 18.9. The molecule has 15 rings (SSSR count). The van der Waals surface area contributed by atoms with E-state index in [1.807, 2.05) is 66.2 Å². The van der Waals surface area contributed by atoms with E-state index in [-0.39, 0.29) is 47.4 Å². The minimum absolute atomic E-state index is 0.0132. The topological polar surface area (TPSA) is 208 Å². The minimum atomic E-state index is -0.468. The van der Waals surface area contributed by atoms with E-state index in [0.29, 0.717) is 147 Å². The summed E-state index contributed by atoms with van der Waals surface area (Å²) in [5.41, 5.74) is 6.55. The number of halogens is 5. The number of fused-ring (bicyclic) bond motifs is 3. The van der Waals surface area contributed by atoms with E-state index >= 15 is 0 Å². The first-order valence-electron chi connectivity index (χ1n) is 34.5. The molecule has 0 bridgehead atoms. The summed E-state index contributed by atoms with van der Waals surface area (Å²) < 4.78 is 83.6. The highest BCUT2D eigenvalue weighted by Crippen LogP contribution is 2.43. The molecule has 0 N–H and O–H groups in total. The Morgan fingerprint density at radius 1 is 0.449 bits per heavy atom. The summed E-state index contributed by atoms with van der Waals surface area (Å²) in [6, 6.07) is 37.4. The van der Waals surface area contributed by atoms with Gasteiger partial charge in [-0.3, -0.25) is 43.4 Å². The van der Waals surface area contributed by atoms with Crippen molar-refractivity contribution in [2.75, 3.05) is 60.6 Å². The molecule has 12 aromatic rings. The Labute approximate surface area is 624 Å². The smallest absolute Gasteiger partial charge is 0.246 e. The molecule has 0 saturated carbocycles. The van der Waals surface area contributed by atoms with Gasteiger partial charge in [0.05, 0.1) is 63.4 Å². The molecular weight excluding hydrogens is 1410 g/mol. The molecule has 3 atom stereocenters. The Kier molecular flexibility index (Phi) is 22.3. The average Bonchev–Trinajstić information content (AvgIpc) is 1.62. The zero-order chi connectivity index (χ0) is 75.0. The Balaban J connectivity index is 0.000000142. The molecule has 26 heteroatoms. The second kappa shape index (κ2) is 32.6. The average molecular weight is 1490 g/mol. The number of piperidine rings is 1. The molecular formula is C81H73Cl2F3N12O9. The summed E-state index contributed by atoms with van der Waals surface area (Å²) in [6.07, 6.45) is 16.6. The fraction of sp³-hybridized carbons (Fsp3) is 0.222. The number of aromatic nitrogens is 9. The molecule has 9 heterocycles. The van der Waals surface area contributed by atoms with Crippen molar-refractivity contribution in [2.24, 2.45) is 0 Å². The SMILES string of the molecule is C=CC(=O)N1CCC[C@@H](n2nc(-c3ccc(Oc4cccc(CC)c4F)cc3)c3cncc(F)c32)C1.C=CC(=O)N1CC[C@@H](n2nc(-c3ccc(Oc4cccc(OC)c4Cl)cc3)c3cncc(F)c32)C1.C=CC(=O)N1CC[C@@H](n2nc(-c3ccc(Oc4cccc(OC)c4Cl)cc3)c3cncc(OC)c32)C1. The van der Waals surface area contributed by atoms with Crippen LogP contribution in [-0.4, -0.2) is 137 Å². The number of nitrogens with zero attached hydrogens (tertiary/aromatic N) is 12. The fourth-order valence-corrected chi connectivity index (χ4v) is 14.0. The summed E-state index contributed by atoms with van der Waals surface area (Å²) in [5, 5.41) is 17.4. The maximum atomic E-state index is 15.0. The number of hydrogen-bond donors (Lipinski definition) is 0. The quantitative estimate of drug-likeness (QED) is 0.0690. The summed E-state index contributed by atoms with van der Waals surface area (Å²) in [4.78, 5) is 54.0. The Hall–Kier alpha value is -12.0. The van der Waals surface area contributed by atoms with Crippen LogP contribution >= 0.6 is 23.2 Å². The van der Waals surface area contributed by atoms with Crippen molar-refractivity contribution in [3.63, 3.8) is 0 Å². The number of methoxy groups -OCH3 is 3. The van der Waals surface area contributed by atoms with Crippen molar-refractivity contribution in [1.82, 2.24) is 59.0 Å². The Morgan fingerprint density at radius 3 is 1.21 bits per heavy atom. The van der Waals surface area contributed by atoms with Crippen molar-refractivity contribution < 1.29 is 56.0 Å². The number of pyridine rings is 3. The van der Waals surface area contributed by atoms with Gasteiger partial charge in [0.25, 0.3) is 0 Å². The van der Waals surface area contributed by atoms with Crippen molar-refractivity contribution in [3.8, 4) is 85.5 Å². The first kappa shape index (κ1) is 73.3. The second-order valence-electron chi connectivity index (χ2n) is 25.3. The number of aryl methyl sites for hydroxylation is 1. The van der Waals surface area contributed by atoms with Gasteiger partial charge in [0.1, 0.15) is 83.9 Å². The van der Waals surface area contributed by atoms with Crippen molar-refractivity contribution >= 4 is 73.6 Å². The number of hydrogen-bond acceptors (Lipinski definition) is 15. The zero-order valence-corrected chi connectivity index (χ0v) is 60.4. The van der Waals surface area contributed by atoms with Crippen LogP contribution in [0.5, 0.6) is 51.7 Å². The van der Waals surface area contributed by atoms with Crippen LogP contribution in [0.3, 0.4) is 0 Å². The molecule has 0 radical (unpaired) electrons. The number of carbonyl (C=O) groups excluding carboxylic acids is 3. The lowest BCUT2D eigenvalue weighted by Gasteiger charge is -2.32. The van der Waals surface area contributed by atoms with Gasteiger partial charge in [-0.1, -0.05) is 74.1 Å². The van der Waals surface area contributed by atoms with Gasteiger partial charge in [-0.25, -0.2) is 13.2 Å². The van der Waals surface area contributed by atoms with Gasteiger partial charge in [0.2, 0.25) is 17.7 Å². The monoisotopic (exact) mass is 1480 g/mol. The van der Waals surface area contributed by atoms with Crippen LogP contribution in [0.25, 0.3) is 66.5 Å². The first-order valence-corrected chi connectivity index (χ1v) is 35.2. The van der Waals surface area contributed by atoms with Gasteiger partial charge in [0, 0.05) is 85.3 Å². The molecule has 3 amide bonds. The molecule has 3 aliphatic rings. The van der Waals surface area contributed by atoms with Crippen LogP contribution in [0.15, 0.2) is 203 Å². The van der Waals surface area contributed by atoms with Crippen molar-refractivity contribution in [1.29, 1.82) is 0 Å². The minimum Gasteiger partial charge on any atom is -0.495 e. The third kappa shape index (κ3) is 15.3. The van der Waals surface area contributed by atoms with E-state index in [2.05, 4.69) is 34.7 Å². The van der Waals surface area contributed by atoms with Crippen LogP contribution in [0.1, 0.15) is 56.3 Å². The van der Waals surface area contributed by atoms with Crippen molar-refractivity contribution in [3.05, 3.63) is 236 Å². The summed E-state index contributed by atoms with van der Waals surface area (Å²) in [6.45, 7) is 15.9. The highest BCUT2D eigenvalue weighted by molar-refractivity contribution is 6.34. The summed E-state index contributed by atoms with van der Waals surface area (Å²) in [7, 11) is 4.72. The summed E-state index contributed by atoms with van der Waals surface area (Å²) >= 11 is 12.7. The Bertz CT molecular complexity index is 5330.